The molecule has 122 valence electrons. The number of unbranched alkanes of at least 4 members (excludes halogenated alkanes) is 2. The van der Waals surface area contributed by atoms with Gasteiger partial charge < -0.3 is 5.32 Å². The highest BCUT2D eigenvalue weighted by Gasteiger charge is 2.25. The van der Waals surface area contributed by atoms with Crippen LogP contribution in [0.15, 0.2) is 16.3 Å². The van der Waals surface area contributed by atoms with E-state index >= 15 is 0 Å². The lowest BCUT2D eigenvalue weighted by Gasteiger charge is -2.20. The quantitative estimate of drug-likeness (QED) is 0.677. The highest BCUT2D eigenvalue weighted by atomic mass is 32.2. The fourth-order valence-electron chi connectivity index (χ4n) is 2.03. The maximum atomic E-state index is 12.8. The molecule has 1 N–H and O–H groups in total. The first-order valence-electron chi connectivity index (χ1n) is 7.79. The Hall–Kier alpha value is -0.430. The van der Waals surface area contributed by atoms with Crippen LogP contribution in [0.25, 0.3) is 0 Å². The second-order valence-corrected chi connectivity index (χ2v) is 8.52. The van der Waals surface area contributed by atoms with E-state index in [0.29, 0.717) is 17.3 Å². The Balaban J connectivity index is 2.85. The van der Waals surface area contributed by atoms with Crippen LogP contribution in [-0.4, -0.2) is 39.4 Å². The Kier molecular flexibility index (Phi) is 8.48. The largest absolute Gasteiger partial charge is 0.319 e. The molecular formula is C15H28N2O2S2. The second-order valence-electron chi connectivity index (χ2n) is 5.19. The molecule has 0 aliphatic rings. The normalized spacial score (nSPS) is 12.2. The molecule has 1 heterocycles. The lowest BCUT2D eigenvalue weighted by Crippen LogP contribution is -2.32. The minimum absolute atomic E-state index is 0.487. The lowest BCUT2D eigenvalue weighted by atomic mass is 10.3. The number of hydrogen-bond acceptors (Lipinski definition) is 4. The SMILES string of the molecule is CCCCN(CCCC)S(=O)(=O)c1ccc(CCNC)s1. The molecule has 0 aromatic carbocycles. The Bertz CT molecular complexity index is 490. The van der Waals surface area contributed by atoms with Gasteiger partial charge in [0.15, 0.2) is 0 Å². The molecule has 1 aromatic rings. The molecule has 0 saturated heterocycles. The van der Waals surface area contributed by atoms with Crippen LogP contribution in [0.2, 0.25) is 0 Å². The smallest absolute Gasteiger partial charge is 0.252 e. The highest BCUT2D eigenvalue weighted by Crippen LogP contribution is 2.25. The van der Waals surface area contributed by atoms with E-state index in [4.69, 9.17) is 0 Å². The zero-order valence-corrected chi connectivity index (χ0v) is 15.0. The fourth-order valence-corrected chi connectivity index (χ4v) is 5.05. The third-order valence-electron chi connectivity index (χ3n) is 3.37. The van der Waals surface area contributed by atoms with Gasteiger partial charge in [-0.3, -0.25) is 0 Å². The summed E-state index contributed by atoms with van der Waals surface area (Å²) >= 11 is 1.41. The minimum Gasteiger partial charge on any atom is -0.319 e. The van der Waals surface area contributed by atoms with Crippen molar-refractivity contribution in [2.45, 2.75) is 50.2 Å². The zero-order chi connectivity index (χ0) is 15.7. The zero-order valence-electron chi connectivity index (χ0n) is 13.4. The molecule has 0 fully saturated rings. The van der Waals surface area contributed by atoms with Gasteiger partial charge in [-0.1, -0.05) is 26.7 Å². The summed E-state index contributed by atoms with van der Waals surface area (Å²) in [6, 6.07) is 3.70. The van der Waals surface area contributed by atoms with Crippen LogP contribution in [0.3, 0.4) is 0 Å². The number of hydrogen-bond donors (Lipinski definition) is 1. The Morgan fingerprint density at radius 2 is 1.76 bits per heavy atom. The lowest BCUT2D eigenvalue weighted by molar-refractivity contribution is 0.396. The van der Waals surface area contributed by atoms with Gasteiger partial charge >= 0.3 is 0 Å². The number of nitrogens with one attached hydrogen (secondary N) is 1. The van der Waals surface area contributed by atoms with Crippen LogP contribution in [0, 0.1) is 0 Å². The first-order valence-corrected chi connectivity index (χ1v) is 10.0. The van der Waals surface area contributed by atoms with Crippen molar-refractivity contribution in [2.24, 2.45) is 0 Å². The van der Waals surface area contributed by atoms with Crippen LogP contribution < -0.4 is 5.32 Å². The maximum absolute atomic E-state index is 12.8. The molecule has 0 aliphatic heterocycles. The standard InChI is InChI=1S/C15H28N2O2S2/c1-4-6-12-17(13-7-5-2)21(18,19)15-9-8-14(20-15)10-11-16-3/h8-9,16H,4-7,10-13H2,1-3H3. The molecule has 0 radical (unpaired) electrons. The topological polar surface area (TPSA) is 49.4 Å². The molecule has 0 aliphatic carbocycles. The molecule has 0 spiro atoms. The molecule has 0 atom stereocenters. The summed E-state index contributed by atoms with van der Waals surface area (Å²) in [5.41, 5.74) is 0. The molecule has 4 nitrogen and oxygen atoms in total. The van der Waals surface area contributed by atoms with Gasteiger partial charge in [0.05, 0.1) is 0 Å². The van der Waals surface area contributed by atoms with Crippen molar-refractivity contribution in [3.8, 4) is 0 Å². The Morgan fingerprint density at radius 3 is 2.29 bits per heavy atom. The van der Waals surface area contributed by atoms with Gasteiger partial charge in [0.25, 0.3) is 10.0 Å². The summed E-state index contributed by atoms with van der Waals surface area (Å²) in [4.78, 5) is 1.12. The average molecular weight is 333 g/mol. The summed E-state index contributed by atoms with van der Waals surface area (Å²) < 4.78 is 27.7. The Labute approximate surface area is 133 Å². The van der Waals surface area contributed by atoms with Crippen molar-refractivity contribution in [1.29, 1.82) is 0 Å². The number of nitrogens with zero attached hydrogens (tertiary/aromatic N) is 1. The molecule has 0 unspecified atom stereocenters. The maximum Gasteiger partial charge on any atom is 0.252 e. The van der Waals surface area contributed by atoms with Gasteiger partial charge in [-0.15, -0.1) is 11.3 Å². The monoisotopic (exact) mass is 332 g/mol. The average Bonchev–Trinajstić information content (AvgIpc) is 2.94. The van der Waals surface area contributed by atoms with E-state index in [-0.39, 0.29) is 0 Å². The van der Waals surface area contributed by atoms with Crippen molar-refractivity contribution in [2.75, 3.05) is 26.7 Å². The van der Waals surface area contributed by atoms with E-state index < -0.39 is 10.0 Å². The number of thiophene rings is 1. The molecule has 1 rings (SSSR count). The highest BCUT2D eigenvalue weighted by molar-refractivity contribution is 7.91. The van der Waals surface area contributed by atoms with Gasteiger partial charge in [0, 0.05) is 18.0 Å². The fraction of sp³-hybridized carbons (Fsp3) is 0.733. The predicted molar refractivity (Wildman–Crippen MR) is 90.5 cm³/mol. The molecule has 21 heavy (non-hydrogen) atoms. The van der Waals surface area contributed by atoms with Gasteiger partial charge in [0.2, 0.25) is 0 Å². The number of likely N-dealkylation sites (N-methyl/N-ethyl adjacent to an activating group) is 1. The third-order valence-corrected chi connectivity index (χ3v) is 6.89. The van der Waals surface area contributed by atoms with E-state index in [1.165, 1.54) is 11.3 Å². The molecule has 0 bridgehead atoms. The van der Waals surface area contributed by atoms with Crippen LogP contribution in [0.5, 0.6) is 0 Å². The van der Waals surface area contributed by atoms with Gasteiger partial charge in [-0.25, -0.2) is 8.42 Å². The van der Waals surface area contributed by atoms with Gasteiger partial charge in [0.1, 0.15) is 4.21 Å². The van der Waals surface area contributed by atoms with Crippen LogP contribution in [0.1, 0.15) is 44.4 Å². The van der Waals surface area contributed by atoms with E-state index in [1.807, 2.05) is 13.1 Å². The second kappa shape index (κ2) is 9.56. The number of sulfonamides is 1. The molecule has 6 heteroatoms. The molecule has 0 amide bonds. The van der Waals surface area contributed by atoms with Crippen LogP contribution >= 0.6 is 11.3 Å². The summed E-state index contributed by atoms with van der Waals surface area (Å²) in [7, 11) is -1.41. The Morgan fingerprint density at radius 1 is 1.14 bits per heavy atom. The van der Waals surface area contributed by atoms with Crippen molar-refractivity contribution in [1.82, 2.24) is 9.62 Å². The van der Waals surface area contributed by atoms with Crippen molar-refractivity contribution < 1.29 is 8.42 Å². The van der Waals surface area contributed by atoms with Crippen molar-refractivity contribution in [3.05, 3.63) is 17.0 Å². The molecular weight excluding hydrogens is 304 g/mol. The van der Waals surface area contributed by atoms with Gasteiger partial charge in [-0.05, 0) is 45.0 Å². The summed E-state index contributed by atoms with van der Waals surface area (Å²) in [5, 5.41) is 3.09. The summed E-state index contributed by atoms with van der Waals surface area (Å²) in [6.45, 7) is 6.30. The van der Waals surface area contributed by atoms with E-state index in [9.17, 15) is 8.42 Å². The van der Waals surface area contributed by atoms with E-state index in [0.717, 1.165) is 43.5 Å². The molecule has 0 saturated carbocycles. The summed E-state index contributed by atoms with van der Waals surface area (Å²) in [6.07, 6.45) is 4.73. The van der Waals surface area contributed by atoms with Crippen molar-refractivity contribution in [3.63, 3.8) is 0 Å². The van der Waals surface area contributed by atoms with E-state index in [1.54, 1.807) is 10.4 Å². The molecule has 1 aromatic heterocycles. The van der Waals surface area contributed by atoms with Crippen LogP contribution in [0.4, 0.5) is 0 Å². The van der Waals surface area contributed by atoms with Crippen LogP contribution in [-0.2, 0) is 16.4 Å². The van der Waals surface area contributed by atoms with Gasteiger partial charge in [-0.2, -0.15) is 4.31 Å². The third kappa shape index (κ3) is 5.70. The first-order chi connectivity index (χ1) is 10.1. The minimum atomic E-state index is -3.32. The number of rotatable bonds is 11. The predicted octanol–water partition coefficient (Wildman–Crippen LogP) is 3.10. The van der Waals surface area contributed by atoms with Crippen molar-refractivity contribution >= 4 is 21.4 Å². The summed E-state index contributed by atoms with van der Waals surface area (Å²) in [5.74, 6) is 0. The van der Waals surface area contributed by atoms with E-state index in [2.05, 4.69) is 19.2 Å². The first kappa shape index (κ1) is 18.6.